The van der Waals surface area contributed by atoms with Gasteiger partial charge in [0.2, 0.25) is 0 Å². The van der Waals surface area contributed by atoms with Crippen LogP contribution in [0.25, 0.3) is 0 Å². The van der Waals surface area contributed by atoms with Gasteiger partial charge in [0, 0.05) is 12.1 Å². The van der Waals surface area contributed by atoms with Crippen LogP contribution in [-0.4, -0.2) is 28.6 Å². The summed E-state index contributed by atoms with van der Waals surface area (Å²) in [7, 11) is 0. The Morgan fingerprint density at radius 3 is 2.48 bits per heavy atom. The van der Waals surface area contributed by atoms with Crippen molar-refractivity contribution in [2.45, 2.75) is 32.1 Å². The summed E-state index contributed by atoms with van der Waals surface area (Å²) in [6.07, 6.45) is 4.01. The Hall–Kier alpha value is -1.31. The first-order chi connectivity index (χ1) is 9.94. The summed E-state index contributed by atoms with van der Waals surface area (Å²) in [6.45, 7) is 0.133. The number of nitrogens with one attached hydrogen (secondary N) is 1. The standard InChI is InChI=1S/C15H18INO4/c16-11-5-4-10(8-12(11)18)13(19)17-9-15(14(20)21)6-2-1-3-7-15/h4-5,8,18H,1-3,6-7,9H2,(H,17,19)(H,20,21). The number of amides is 1. The molecular formula is C15H18INO4. The maximum atomic E-state index is 12.1. The third kappa shape index (κ3) is 3.66. The van der Waals surface area contributed by atoms with Crippen molar-refractivity contribution < 1.29 is 19.8 Å². The van der Waals surface area contributed by atoms with Gasteiger partial charge in [0.25, 0.3) is 5.91 Å². The fourth-order valence-electron chi connectivity index (χ4n) is 2.70. The second kappa shape index (κ2) is 6.64. The summed E-state index contributed by atoms with van der Waals surface area (Å²) in [5, 5.41) is 21.8. The number of benzene rings is 1. The van der Waals surface area contributed by atoms with Crippen LogP contribution in [0.2, 0.25) is 0 Å². The number of carbonyl (C=O) groups is 2. The highest BCUT2D eigenvalue weighted by Gasteiger charge is 2.39. The highest BCUT2D eigenvalue weighted by atomic mass is 127. The lowest BCUT2D eigenvalue weighted by atomic mass is 9.74. The molecule has 3 N–H and O–H groups in total. The number of carbonyl (C=O) groups excluding carboxylic acids is 1. The molecule has 1 aliphatic carbocycles. The molecule has 0 saturated heterocycles. The average molecular weight is 403 g/mol. The van der Waals surface area contributed by atoms with Gasteiger partial charge < -0.3 is 15.5 Å². The van der Waals surface area contributed by atoms with Crippen molar-refractivity contribution in [3.8, 4) is 5.75 Å². The summed E-state index contributed by atoms with van der Waals surface area (Å²) in [4.78, 5) is 23.6. The van der Waals surface area contributed by atoms with Crippen molar-refractivity contribution in [2.75, 3.05) is 6.54 Å². The third-order valence-corrected chi connectivity index (χ3v) is 4.97. The number of phenolic OH excluding ortho intramolecular Hbond substituents is 1. The fourth-order valence-corrected chi connectivity index (χ4v) is 3.04. The Bertz CT molecular complexity index is 553. The van der Waals surface area contributed by atoms with E-state index in [9.17, 15) is 19.8 Å². The van der Waals surface area contributed by atoms with Crippen LogP contribution in [0.3, 0.4) is 0 Å². The molecule has 1 aliphatic rings. The average Bonchev–Trinajstić information content (AvgIpc) is 2.48. The van der Waals surface area contributed by atoms with E-state index in [1.165, 1.54) is 6.07 Å². The van der Waals surface area contributed by atoms with Crippen molar-refractivity contribution in [1.82, 2.24) is 5.32 Å². The van der Waals surface area contributed by atoms with Crippen molar-refractivity contribution in [3.63, 3.8) is 0 Å². The van der Waals surface area contributed by atoms with Gasteiger partial charge in [-0.2, -0.15) is 0 Å². The summed E-state index contributed by atoms with van der Waals surface area (Å²) < 4.78 is 0.665. The van der Waals surface area contributed by atoms with Gasteiger partial charge in [-0.25, -0.2) is 0 Å². The number of phenols is 1. The predicted octanol–water partition coefficient (Wildman–Crippen LogP) is 2.76. The lowest BCUT2D eigenvalue weighted by molar-refractivity contribution is -0.150. The van der Waals surface area contributed by atoms with Gasteiger partial charge in [0.15, 0.2) is 0 Å². The zero-order chi connectivity index (χ0) is 15.5. The van der Waals surface area contributed by atoms with E-state index in [0.29, 0.717) is 22.0 Å². The number of aliphatic carboxylic acids is 1. The molecule has 0 heterocycles. The maximum Gasteiger partial charge on any atom is 0.311 e. The zero-order valence-corrected chi connectivity index (χ0v) is 13.7. The molecule has 1 amide bonds. The molecule has 1 saturated carbocycles. The van der Waals surface area contributed by atoms with Crippen LogP contribution in [0.1, 0.15) is 42.5 Å². The summed E-state index contributed by atoms with van der Waals surface area (Å²) in [5.41, 5.74) is -0.511. The van der Waals surface area contributed by atoms with Crippen molar-refractivity contribution in [3.05, 3.63) is 27.3 Å². The number of hydrogen-bond acceptors (Lipinski definition) is 3. The van der Waals surface area contributed by atoms with Crippen LogP contribution in [-0.2, 0) is 4.79 Å². The molecule has 0 spiro atoms. The molecule has 0 aromatic heterocycles. The van der Waals surface area contributed by atoms with Gasteiger partial charge in [-0.3, -0.25) is 9.59 Å². The van der Waals surface area contributed by atoms with Gasteiger partial charge in [-0.1, -0.05) is 19.3 Å². The number of halogens is 1. The van der Waals surface area contributed by atoms with Gasteiger partial charge in [0.1, 0.15) is 5.75 Å². The molecule has 0 bridgehead atoms. The molecule has 1 aromatic carbocycles. The van der Waals surface area contributed by atoms with Crippen LogP contribution in [0, 0.1) is 8.99 Å². The summed E-state index contributed by atoms with van der Waals surface area (Å²) in [5.74, 6) is -1.14. The van der Waals surface area contributed by atoms with Crippen LogP contribution < -0.4 is 5.32 Å². The van der Waals surface area contributed by atoms with E-state index < -0.39 is 11.4 Å². The Kier molecular flexibility index (Phi) is 5.08. The van der Waals surface area contributed by atoms with Gasteiger partial charge in [-0.05, 0) is 53.6 Å². The first-order valence-electron chi connectivity index (χ1n) is 6.95. The molecule has 0 aliphatic heterocycles. The number of aromatic hydroxyl groups is 1. The lowest BCUT2D eigenvalue weighted by Crippen LogP contribution is -2.44. The van der Waals surface area contributed by atoms with Gasteiger partial charge in [-0.15, -0.1) is 0 Å². The van der Waals surface area contributed by atoms with Gasteiger partial charge in [0.05, 0.1) is 8.99 Å². The normalized spacial score (nSPS) is 17.2. The zero-order valence-electron chi connectivity index (χ0n) is 11.6. The second-order valence-corrected chi connectivity index (χ2v) is 6.66. The minimum Gasteiger partial charge on any atom is -0.507 e. The SMILES string of the molecule is O=C(NCC1(C(=O)O)CCCCC1)c1ccc(I)c(O)c1. The van der Waals surface area contributed by atoms with E-state index in [4.69, 9.17) is 0 Å². The van der Waals surface area contributed by atoms with E-state index in [1.807, 2.05) is 22.6 Å². The molecule has 0 unspecified atom stereocenters. The molecule has 0 atom stereocenters. The van der Waals surface area contributed by atoms with Crippen molar-refractivity contribution in [1.29, 1.82) is 0 Å². The van der Waals surface area contributed by atoms with E-state index in [2.05, 4.69) is 5.32 Å². The smallest absolute Gasteiger partial charge is 0.311 e. The summed E-state index contributed by atoms with van der Waals surface area (Å²) in [6, 6.07) is 4.66. The van der Waals surface area contributed by atoms with E-state index in [1.54, 1.807) is 12.1 Å². The molecule has 5 nitrogen and oxygen atoms in total. The Morgan fingerprint density at radius 1 is 1.24 bits per heavy atom. The van der Waals surface area contributed by atoms with Crippen LogP contribution >= 0.6 is 22.6 Å². The molecule has 6 heteroatoms. The minimum atomic E-state index is -0.848. The highest BCUT2D eigenvalue weighted by Crippen LogP contribution is 2.36. The van der Waals surface area contributed by atoms with E-state index in [-0.39, 0.29) is 18.2 Å². The molecule has 1 aromatic rings. The first kappa shape index (κ1) is 16.1. The molecule has 114 valence electrons. The molecule has 1 fully saturated rings. The molecule has 0 radical (unpaired) electrons. The van der Waals surface area contributed by atoms with Crippen molar-refractivity contribution >= 4 is 34.5 Å². The van der Waals surface area contributed by atoms with Crippen molar-refractivity contribution in [2.24, 2.45) is 5.41 Å². The number of hydrogen-bond donors (Lipinski definition) is 3. The van der Waals surface area contributed by atoms with E-state index in [0.717, 1.165) is 19.3 Å². The Balaban J connectivity index is 2.05. The van der Waals surface area contributed by atoms with Gasteiger partial charge >= 0.3 is 5.97 Å². The number of carboxylic acids is 1. The summed E-state index contributed by atoms with van der Waals surface area (Å²) >= 11 is 1.97. The molecular weight excluding hydrogens is 385 g/mol. The predicted molar refractivity (Wildman–Crippen MR) is 86.3 cm³/mol. The Morgan fingerprint density at radius 2 is 1.90 bits per heavy atom. The highest BCUT2D eigenvalue weighted by molar-refractivity contribution is 14.1. The number of carboxylic acid groups (broad SMARTS) is 1. The first-order valence-corrected chi connectivity index (χ1v) is 8.03. The quantitative estimate of drug-likeness (QED) is 0.675. The molecule has 21 heavy (non-hydrogen) atoms. The topological polar surface area (TPSA) is 86.6 Å². The fraction of sp³-hybridized carbons (Fsp3) is 0.467. The Labute approximate surface area is 136 Å². The monoisotopic (exact) mass is 403 g/mol. The van der Waals surface area contributed by atoms with E-state index >= 15 is 0 Å². The third-order valence-electron chi connectivity index (χ3n) is 4.06. The van der Waals surface area contributed by atoms with Crippen LogP contribution in [0.15, 0.2) is 18.2 Å². The minimum absolute atomic E-state index is 0.0499. The second-order valence-electron chi connectivity index (χ2n) is 5.50. The largest absolute Gasteiger partial charge is 0.507 e. The van der Waals surface area contributed by atoms with Crippen LogP contribution in [0.4, 0.5) is 0 Å². The number of rotatable bonds is 4. The maximum absolute atomic E-state index is 12.1. The molecule has 2 rings (SSSR count). The lowest BCUT2D eigenvalue weighted by Gasteiger charge is -2.33. The van der Waals surface area contributed by atoms with Crippen LogP contribution in [0.5, 0.6) is 5.75 Å².